The van der Waals surface area contributed by atoms with Gasteiger partial charge >= 0.3 is 0 Å². The maximum absolute atomic E-state index is 13.3. The van der Waals surface area contributed by atoms with Gasteiger partial charge in [0.05, 0.1) is 11.6 Å². The topological polar surface area (TPSA) is 53.8 Å². The monoisotopic (exact) mass is 335 g/mol. The van der Waals surface area contributed by atoms with Gasteiger partial charge in [0.1, 0.15) is 0 Å². The minimum absolute atomic E-state index is 0.0219. The van der Waals surface area contributed by atoms with Gasteiger partial charge in [0.2, 0.25) is 0 Å². The van der Waals surface area contributed by atoms with Crippen molar-refractivity contribution in [1.82, 2.24) is 5.32 Å². The maximum atomic E-state index is 13.3. The van der Waals surface area contributed by atoms with Crippen molar-refractivity contribution in [3.63, 3.8) is 0 Å². The molecule has 0 amide bonds. The van der Waals surface area contributed by atoms with Gasteiger partial charge in [-0.15, -0.1) is 0 Å². The van der Waals surface area contributed by atoms with Crippen LogP contribution >= 0.6 is 0 Å². The predicted molar refractivity (Wildman–Crippen MR) is 98.1 cm³/mol. The van der Waals surface area contributed by atoms with Crippen LogP contribution in [0.25, 0.3) is 0 Å². The van der Waals surface area contributed by atoms with Gasteiger partial charge in [0.15, 0.2) is 11.9 Å². The van der Waals surface area contributed by atoms with Gasteiger partial charge in [0.25, 0.3) is 0 Å². The summed E-state index contributed by atoms with van der Waals surface area (Å²) in [5, 5.41) is 12.1. The van der Waals surface area contributed by atoms with Crippen LogP contribution in [-0.2, 0) is 10.2 Å². The number of hydrogen-bond donors (Lipinski definition) is 1. The largest absolute Gasteiger partial charge is 0.362 e. The average Bonchev–Trinajstić information content (AvgIpc) is 3.00. The molecule has 0 fully saturated rings. The molecule has 0 saturated heterocycles. The van der Waals surface area contributed by atoms with Crippen LogP contribution in [0.1, 0.15) is 51.2 Å². The Morgan fingerprint density at radius 2 is 2.08 bits per heavy atom. The van der Waals surface area contributed by atoms with Crippen LogP contribution in [0.4, 0.5) is 0 Å². The maximum Gasteiger partial charge on any atom is 0.164 e. The first-order valence-electron chi connectivity index (χ1n) is 9.08. The van der Waals surface area contributed by atoms with E-state index in [1.54, 1.807) is 0 Å². The molecule has 130 valence electrons. The smallest absolute Gasteiger partial charge is 0.164 e. The van der Waals surface area contributed by atoms with E-state index >= 15 is 0 Å². The van der Waals surface area contributed by atoms with Crippen LogP contribution in [0.5, 0.6) is 0 Å². The second kappa shape index (κ2) is 5.38. The molecule has 1 aromatic rings. The van der Waals surface area contributed by atoms with Crippen molar-refractivity contribution >= 4 is 5.78 Å². The standard InChI is InChI=1S/C21H25N3O/c1-5-21(14-8-6-7-13(2)9-14)15-12-22-24-19(15)23-16-10-20(3,4)11-17(25)18(16)21/h6-9,12,19,23H,5,10-11H2,1-4H3. The number of hydrogen-bond acceptors (Lipinski definition) is 4. The molecule has 3 aliphatic rings. The van der Waals surface area contributed by atoms with Gasteiger partial charge < -0.3 is 5.32 Å². The summed E-state index contributed by atoms with van der Waals surface area (Å²) in [5.41, 5.74) is 5.05. The van der Waals surface area contributed by atoms with Gasteiger partial charge in [-0.2, -0.15) is 10.2 Å². The number of ketones is 1. The van der Waals surface area contributed by atoms with Crippen LogP contribution in [0, 0.1) is 12.3 Å². The number of Topliss-reactive ketones (excluding diaryl/α,β-unsaturated/α-hetero) is 1. The van der Waals surface area contributed by atoms with Crippen molar-refractivity contribution in [3.8, 4) is 0 Å². The van der Waals surface area contributed by atoms with Crippen LogP contribution in [0.3, 0.4) is 0 Å². The van der Waals surface area contributed by atoms with Crippen molar-refractivity contribution in [2.45, 2.75) is 58.5 Å². The molecule has 0 bridgehead atoms. The molecule has 1 aliphatic carbocycles. The number of allylic oxidation sites excluding steroid dienone is 2. The van der Waals surface area contributed by atoms with E-state index in [-0.39, 0.29) is 17.4 Å². The van der Waals surface area contributed by atoms with Crippen molar-refractivity contribution in [3.05, 3.63) is 58.4 Å². The highest BCUT2D eigenvalue weighted by Crippen LogP contribution is 2.53. The summed E-state index contributed by atoms with van der Waals surface area (Å²) in [6.07, 6.45) is 4.01. The number of fused-ring (bicyclic) bond motifs is 1. The zero-order chi connectivity index (χ0) is 17.8. The summed E-state index contributed by atoms with van der Waals surface area (Å²) in [7, 11) is 0. The summed E-state index contributed by atoms with van der Waals surface area (Å²) in [6, 6.07) is 8.54. The lowest BCUT2D eigenvalue weighted by atomic mass is 9.59. The highest BCUT2D eigenvalue weighted by molar-refractivity contribution is 6.01. The molecule has 4 rings (SSSR count). The summed E-state index contributed by atoms with van der Waals surface area (Å²) >= 11 is 0. The summed E-state index contributed by atoms with van der Waals surface area (Å²) < 4.78 is 0. The molecule has 0 spiro atoms. The summed E-state index contributed by atoms with van der Waals surface area (Å²) in [6.45, 7) is 8.60. The SMILES string of the molecule is CCC1(c2cccc(C)c2)C2=CN=NC2NC2=C1C(=O)CC(C)(C)C2. The Bertz CT molecular complexity index is 846. The van der Waals surface area contributed by atoms with E-state index in [1.807, 2.05) is 6.20 Å². The number of nitrogens with zero attached hydrogens (tertiary/aromatic N) is 2. The molecular weight excluding hydrogens is 310 g/mol. The van der Waals surface area contributed by atoms with Crippen molar-refractivity contribution < 1.29 is 4.79 Å². The summed E-state index contributed by atoms with van der Waals surface area (Å²) in [5.74, 6) is 0.258. The molecule has 25 heavy (non-hydrogen) atoms. The van der Waals surface area contributed by atoms with Crippen LogP contribution < -0.4 is 5.32 Å². The molecule has 0 radical (unpaired) electrons. The number of nitrogens with one attached hydrogen (secondary N) is 1. The number of carbonyl (C=O) groups is 1. The van der Waals surface area contributed by atoms with E-state index in [0.717, 1.165) is 29.7 Å². The fourth-order valence-corrected chi connectivity index (χ4v) is 4.80. The highest BCUT2D eigenvalue weighted by atomic mass is 16.1. The zero-order valence-corrected chi connectivity index (χ0v) is 15.4. The molecule has 2 aliphatic heterocycles. The minimum Gasteiger partial charge on any atom is -0.362 e. The Morgan fingerprint density at radius 3 is 2.80 bits per heavy atom. The average molecular weight is 335 g/mol. The number of aryl methyl sites for hydroxylation is 1. The van der Waals surface area contributed by atoms with Crippen molar-refractivity contribution in [2.24, 2.45) is 15.6 Å². The Labute approximate surface area is 149 Å². The molecule has 2 heterocycles. The molecule has 4 nitrogen and oxygen atoms in total. The van der Waals surface area contributed by atoms with Crippen LogP contribution in [0.15, 0.2) is 57.5 Å². The van der Waals surface area contributed by atoms with E-state index in [2.05, 4.69) is 67.5 Å². The quantitative estimate of drug-likeness (QED) is 0.861. The first kappa shape index (κ1) is 16.2. The third-order valence-corrected chi connectivity index (χ3v) is 5.82. The third-order valence-electron chi connectivity index (χ3n) is 5.82. The van der Waals surface area contributed by atoms with Crippen LogP contribution in [-0.4, -0.2) is 11.9 Å². The van der Waals surface area contributed by atoms with E-state index in [4.69, 9.17) is 0 Å². The molecular formula is C21H25N3O. The van der Waals surface area contributed by atoms with Gasteiger partial charge in [-0.1, -0.05) is 50.6 Å². The normalized spacial score (nSPS) is 29.8. The minimum atomic E-state index is -0.422. The fraction of sp³-hybridized carbons (Fsp3) is 0.476. The third kappa shape index (κ3) is 2.30. The number of carbonyl (C=O) groups excluding carboxylic acids is 1. The Balaban J connectivity index is 2.00. The molecule has 2 unspecified atom stereocenters. The zero-order valence-electron chi connectivity index (χ0n) is 15.4. The first-order chi connectivity index (χ1) is 11.9. The first-order valence-corrected chi connectivity index (χ1v) is 9.08. The van der Waals surface area contributed by atoms with Crippen LogP contribution in [0.2, 0.25) is 0 Å². The van der Waals surface area contributed by atoms with Gasteiger partial charge in [-0.25, -0.2) is 0 Å². The molecule has 1 N–H and O–H groups in total. The molecule has 1 aromatic carbocycles. The van der Waals surface area contributed by atoms with Gasteiger partial charge in [0, 0.05) is 23.3 Å². The van der Waals surface area contributed by atoms with E-state index < -0.39 is 5.41 Å². The fourth-order valence-electron chi connectivity index (χ4n) is 4.80. The Hall–Kier alpha value is -2.23. The Kier molecular flexibility index (Phi) is 3.50. The van der Waals surface area contributed by atoms with Crippen molar-refractivity contribution in [2.75, 3.05) is 0 Å². The molecule has 0 saturated carbocycles. The van der Waals surface area contributed by atoms with E-state index in [1.165, 1.54) is 11.1 Å². The molecule has 0 aromatic heterocycles. The number of benzene rings is 1. The highest BCUT2D eigenvalue weighted by Gasteiger charge is 2.52. The number of azo groups is 1. The second-order valence-electron chi connectivity index (χ2n) is 8.29. The van der Waals surface area contributed by atoms with E-state index in [9.17, 15) is 4.79 Å². The number of rotatable bonds is 2. The predicted octanol–water partition coefficient (Wildman–Crippen LogP) is 4.57. The lowest BCUT2D eigenvalue weighted by Gasteiger charge is -2.47. The molecule has 4 heteroatoms. The lowest BCUT2D eigenvalue weighted by Crippen LogP contribution is -2.51. The lowest BCUT2D eigenvalue weighted by molar-refractivity contribution is -0.119. The van der Waals surface area contributed by atoms with Gasteiger partial charge in [-0.05, 0) is 30.7 Å². The molecule has 2 atom stereocenters. The Morgan fingerprint density at radius 1 is 1.28 bits per heavy atom. The van der Waals surface area contributed by atoms with E-state index in [0.29, 0.717) is 6.42 Å². The summed E-state index contributed by atoms with van der Waals surface area (Å²) in [4.78, 5) is 13.3. The van der Waals surface area contributed by atoms with Gasteiger partial charge in [-0.3, -0.25) is 4.79 Å². The second-order valence-corrected chi connectivity index (χ2v) is 8.29. The van der Waals surface area contributed by atoms with Crippen molar-refractivity contribution in [1.29, 1.82) is 0 Å².